The molecule has 0 bridgehead atoms. The summed E-state index contributed by atoms with van der Waals surface area (Å²) in [5, 5.41) is 1.61. The molecule has 166 valence electrons. The summed E-state index contributed by atoms with van der Waals surface area (Å²) in [6.07, 6.45) is 1.43. The van der Waals surface area contributed by atoms with Crippen LogP contribution in [0.1, 0.15) is 46.9 Å². The molecule has 0 amide bonds. The standard InChI is InChI=1S/C30H22O4/c1-17(31)20-12-13-21-22(14-20)28(33)24-16-26-25(15-23(24)27(21)32)29(18-8-4-2-5-9-18)34-30(26)19-10-6-3-7-11-19/h2-11,15-16,20H,12-14H2,1H3. The smallest absolute Gasteiger partial charge is 0.190 e. The first kappa shape index (κ1) is 20.5. The third kappa shape index (κ3) is 3.10. The summed E-state index contributed by atoms with van der Waals surface area (Å²) in [5.41, 5.74) is 3.72. The number of rotatable bonds is 3. The number of carbonyl (C=O) groups excluding carboxylic acids is 3. The summed E-state index contributed by atoms with van der Waals surface area (Å²) in [7, 11) is 0. The minimum Gasteiger partial charge on any atom is -0.455 e. The number of allylic oxidation sites excluding steroid dienone is 2. The quantitative estimate of drug-likeness (QED) is 0.346. The predicted octanol–water partition coefficient (Wildman–Crippen LogP) is 6.83. The van der Waals surface area contributed by atoms with E-state index in [1.54, 1.807) is 6.92 Å². The molecule has 0 radical (unpaired) electrons. The lowest BCUT2D eigenvalue weighted by Crippen LogP contribution is -2.29. The van der Waals surface area contributed by atoms with Gasteiger partial charge in [-0.3, -0.25) is 14.4 Å². The van der Waals surface area contributed by atoms with Gasteiger partial charge < -0.3 is 4.42 Å². The van der Waals surface area contributed by atoms with Crippen LogP contribution >= 0.6 is 0 Å². The van der Waals surface area contributed by atoms with E-state index in [1.165, 1.54) is 0 Å². The van der Waals surface area contributed by atoms with Gasteiger partial charge >= 0.3 is 0 Å². The van der Waals surface area contributed by atoms with Crippen molar-refractivity contribution in [2.75, 3.05) is 0 Å². The number of Topliss-reactive ketones (excluding diaryl/α,β-unsaturated/α-hetero) is 3. The van der Waals surface area contributed by atoms with Crippen molar-refractivity contribution >= 4 is 28.1 Å². The Bertz CT molecular complexity index is 1520. The van der Waals surface area contributed by atoms with Gasteiger partial charge in [-0.25, -0.2) is 0 Å². The van der Waals surface area contributed by atoms with Gasteiger partial charge in [0.25, 0.3) is 0 Å². The third-order valence-corrected chi connectivity index (χ3v) is 7.09. The monoisotopic (exact) mass is 446 g/mol. The summed E-state index contributed by atoms with van der Waals surface area (Å²) in [5.74, 6) is 0.981. The van der Waals surface area contributed by atoms with E-state index in [9.17, 15) is 14.4 Å². The maximum Gasteiger partial charge on any atom is 0.190 e. The predicted molar refractivity (Wildman–Crippen MR) is 131 cm³/mol. The Morgan fingerprint density at radius 3 is 1.76 bits per heavy atom. The molecule has 0 saturated carbocycles. The van der Waals surface area contributed by atoms with E-state index < -0.39 is 0 Å². The molecule has 6 rings (SSSR count). The van der Waals surface area contributed by atoms with Crippen molar-refractivity contribution in [3.63, 3.8) is 0 Å². The Morgan fingerprint density at radius 1 is 0.765 bits per heavy atom. The highest BCUT2D eigenvalue weighted by molar-refractivity contribution is 6.29. The van der Waals surface area contributed by atoms with E-state index in [0.717, 1.165) is 21.9 Å². The molecule has 4 aromatic rings. The van der Waals surface area contributed by atoms with Crippen LogP contribution in [0.5, 0.6) is 0 Å². The largest absolute Gasteiger partial charge is 0.455 e. The van der Waals surface area contributed by atoms with Crippen LogP contribution in [0.2, 0.25) is 0 Å². The van der Waals surface area contributed by atoms with Crippen LogP contribution in [-0.4, -0.2) is 17.3 Å². The molecule has 1 atom stereocenters. The summed E-state index contributed by atoms with van der Waals surface area (Å²) in [4.78, 5) is 39.1. The summed E-state index contributed by atoms with van der Waals surface area (Å²) >= 11 is 0. The fourth-order valence-electron chi connectivity index (χ4n) is 5.26. The van der Waals surface area contributed by atoms with Crippen molar-refractivity contribution in [1.82, 2.24) is 0 Å². The number of carbonyl (C=O) groups is 3. The van der Waals surface area contributed by atoms with Gasteiger partial charge in [-0.2, -0.15) is 0 Å². The van der Waals surface area contributed by atoms with Gasteiger partial charge in [-0.1, -0.05) is 60.7 Å². The molecule has 1 unspecified atom stereocenters. The molecule has 3 aromatic carbocycles. The Morgan fingerprint density at radius 2 is 1.26 bits per heavy atom. The van der Waals surface area contributed by atoms with Gasteiger partial charge in [0, 0.05) is 50.1 Å². The second-order valence-electron chi connectivity index (χ2n) is 9.10. The molecular weight excluding hydrogens is 424 g/mol. The molecule has 2 aliphatic rings. The maximum absolute atomic E-state index is 13.6. The average Bonchev–Trinajstić information content (AvgIpc) is 3.25. The molecular formula is C30H22O4. The van der Waals surface area contributed by atoms with E-state index in [2.05, 4.69) is 0 Å². The zero-order chi connectivity index (χ0) is 23.4. The first-order chi connectivity index (χ1) is 16.5. The number of furan rings is 1. The van der Waals surface area contributed by atoms with Crippen LogP contribution in [0.15, 0.2) is 88.4 Å². The van der Waals surface area contributed by atoms with Crippen LogP contribution in [-0.2, 0) is 4.79 Å². The molecule has 0 fully saturated rings. The Balaban J connectivity index is 1.59. The van der Waals surface area contributed by atoms with Gasteiger partial charge in [-0.05, 0) is 38.3 Å². The van der Waals surface area contributed by atoms with E-state index in [1.807, 2.05) is 72.8 Å². The first-order valence-electron chi connectivity index (χ1n) is 11.6. The van der Waals surface area contributed by atoms with Crippen LogP contribution in [0.3, 0.4) is 0 Å². The summed E-state index contributed by atoms with van der Waals surface area (Å²) in [6.45, 7) is 1.56. The molecule has 1 aromatic heterocycles. The van der Waals surface area contributed by atoms with Gasteiger partial charge in [0.1, 0.15) is 17.3 Å². The first-order valence-corrected chi connectivity index (χ1v) is 11.6. The lowest BCUT2D eigenvalue weighted by molar-refractivity contribution is -0.121. The highest BCUT2D eigenvalue weighted by atomic mass is 16.3. The number of benzene rings is 3. The Labute approximate surface area is 196 Å². The Kier molecular flexibility index (Phi) is 4.70. The zero-order valence-electron chi connectivity index (χ0n) is 18.8. The number of ketones is 3. The molecule has 4 heteroatoms. The van der Waals surface area contributed by atoms with Crippen molar-refractivity contribution in [1.29, 1.82) is 0 Å². The molecule has 2 aliphatic carbocycles. The van der Waals surface area contributed by atoms with Gasteiger partial charge in [0.05, 0.1) is 0 Å². The van der Waals surface area contributed by atoms with Crippen molar-refractivity contribution in [2.45, 2.75) is 26.2 Å². The van der Waals surface area contributed by atoms with Crippen molar-refractivity contribution in [3.8, 4) is 22.6 Å². The number of fused-ring (bicyclic) bond motifs is 2. The van der Waals surface area contributed by atoms with Crippen LogP contribution in [0.4, 0.5) is 0 Å². The lowest BCUT2D eigenvalue weighted by Gasteiger charge is -2.28. The topological polar surface area (TPSA) is 64.3 Å². The lowest BCUT2D eigenvalue weighted by atomic mass is 9.73. The number of hydrogen-bond acceptors (Lipinski definition) is 4. The van der Waals surface area contributed by atoms with E-state index in [-0.39, 0.29) is 23.3 Å². The highest BCUT2D eigenvalue weighted by Crippen LogP contribution is 2.44. The molecule has 1 heterocycles. The maximum atomic E-state index is 13.6. The Hall–Kier alpha value is -4.05. The van der Waals surface area contributed by atoms with Crippen molar-refractivity contribution in [2.24, 2.45) is 5.92 Å². The normalized spacial score (nSPS) is 17.6. The average molecular weight is 447 g/mol. The molecule has 34 heavy (non-hydrogen) atoms. The molecule has 4 nitrogen and oxygen atoms in total. The van der Waals surface area contributed by atoms with Crippen LogP contribution < -0.4 is 0 Å². The number of hydrogen-bond donors (Lipinski definition) is 0. The molecule has 0 saturated heterocycles. The fraction of sp³-hybridized carbons (Fsp3) is 0.167. The van der Waals surface area contributed by atoms with Crippen molar-refractivity contribution < 1.29 is 18.8 Å². The molecule has 0 spiro atoms. The van der Waals surface area contributed by atoms with E-state index >= 15 is 0 Å². The summed E-state index contributed by atoms with van der Waals surface area (Å²) < 4.78 is 6.41. The zero-order valence-corrected chi connectivity index (χ0v) is 18.8. The fourth-order valence-corrected chi connectivity index (χ4v) is 5.26. The second-order valence-corrected chi connectivity index (χ2v) is 9.10. The third-order valence-electron chi connectivity index (χ3n) is 7.09. The minimum atomic E-state index is -0.195. The SMILES string of the molecule is CC(=O)C1CCC2=C(C1)C(=O)c1cc3c(-c4ccccc4)oc(-c4ccccc4)c3cc1C2=O. The van der Waals surface area contributed by atoms with Crippen molar-refractivity contribution in [3.05, 3.63) is 95.1 Å². The summed E-state index contributed by atoms with van der Waals surface area (Å²) in [6, 6.07) is 23.2. The van der Waals surface area contributed by atoms with Gasteiger partial charge in [0.15, 0.2) is 11.6 Å². The van der Waals surface area contributed by atoms with E-state index in [4.69, 9.17) is 4.42 Å². The minimum absolute atomic E-state index is 0.0711. The van der Waals surface area contributed by atoms with Gasteiger partial charge in [0.2, 0.25) is 0 Å². The molecule has 0 aliphatic heterocycles. The highest BCUT2D eigenvalue weighted by Gasteiger charge is 2.37. The van der Waals surface area contributed by atoms with Crippen LogP contribution in [0.25, 0.3) is 33.4 Å². The van der Waals surface area contributed by atoms with E-state index in [0.29, 0.717) is 53.1 Å². The molecule has 0 N–H and O–H groups in total. The second kappa shape index (κ2) is 7.77. The van der Waals surface area contributed by atoms with Gasteiger partial charge in [-0.15, -0.1) is 0 Å². The van der Waals surface area contributed by atoms with Crippen LogP contribution in [0, 0.1) is 5.92 Å².